The van der Waals surface area contributed by atoms with Gasteiger partial charge in [0.2, 0.25) is 0 Å². The highest BCUT2D eigenvalue weighted by Gasteiger charge is 2.09. The molecule has 18 heavy (non-hydrogen) atoms. The number of aromatic nitrogens is 3. The van der Waals surface area contributed by atoms with Crippen LogP contribution in [-0.2, 0) is 7.05 Å². The van der Waals surface area contributed by atoms with Crippen molar-refractivity contribution in [3.05, 3.63) is 46.8 Å². The Balaban J connectivity index is 2.34. The highest BCUT2D eigenvalue weighted by Crippen LogP contribution is 2.16. The molecular weight excluding hydrogens is 238 g/mol. The van der Waals surface area contributed by atoms with Crippen LogP contribution in [0.3, 0.4) is 0 Å². The van der Waals surface area contributed by atoms with Gasteiger partial charge >= 0.3 is 11.5 Å². The predicted molar refractivity (Wildman–Crippen MR) is 60.7 cm³/mol. The molecule has 2 heterocycles. The van der Waals surface area contributed by atoms with E-state index in [1.54, 1.807) is 7.05 Å². The first-order valence-corrected chi connectivity index (χ1v) is 4.96. The summed E-state index contributed by atoms with van der Waals surface area (Å²) >= 11 is 0. The van der Waals surface area contributed by atoms with Crippen LogP contribution in [0.2, 0.25) is 0 Å². The minimum Gasteiger partial charge on any atom is -0.478 e. The molecule has 0 aliphatic rings. The first-order chi connectivity index (χ1) is 8.58. The number of hydrogen-bond acceptors (Lipinski definition) is 5. The zero-order valence-electron chi connectivity index (χ0n) is 9.40. The normalized spacial score (nSPS) is 10.1. The third kappa shape index (κ3) is 2.34. The Morgan fingerprint density at radius 3 is 2.94 bits per heavy atom. The lowest BCUT2D eigenvalue weighted by molar-refractivity contribution is 0.0696. The Bertz CT molecular complexity index is 651. The molecule has 0 saturated heterocycles. The van der Waals surface area contributed by atoms with Crippen molar-refractivity contribution in [3.8, 4) is 11.6 Å². The minimum absolute atomic E-state index is 0.0275. The number of hydrogen-bond donors (Lipinski definition) is 1. The first kappa shape index (κ1) is 11.8. The second-order valence-electron chi connectivity index (χ2n) is 3.46. The molecule has 0 amide bonds. The van der Waals surface area contributed by atoms with E-state index in [1.807, 2.05) is 0 Å². The first-order valence-electron chi connectivity index (χ1n) is 4.96. The van der Waals surface area contributed by atoms with Gasteiger partial charge in [0, 0.05) is 25.6 Å². The predicted octanol–water partition coefficient (Wildman–Crippen LogP) is 0.666. The molecule has 0 bridgehead atoms. The number of ether oxygens (including phenoxy) is 1. The van der Waals surface area contributed by atoms with Gasteiger partial charge in [-0.1, -0.05) is 0 Å². The second kappa shape index (κ2) is 4.66. The molecule has 92 valence electrons. The average molecular weight is 247 g/mol. The number of aryl methyl sites for hydroxylation is 1. The maximum Gasteiger partial charge on any atom is 0.337 e. The summed E-state index contributed by atoms with van der Waals surface area (Å²) in [4.78, 5) is 29.9. The fourth-order valence-electron chi connectivity index (χ4n) is 1.25. The van der Waals surface area contributed by atoms with E-state index in [0.29, 0.717) is 0 Å². The molecular formula is C11H9N3O4. The van der Waals surface area contributed by atoms with Gasteiger partial charge < -0.3 is 14.4 Å². The van der Waals surface area contributed by atoms with E-state index in [0.717, 1.165) is 0 Å². The van der Waals surface area contributed by atoms with E-state index < -0.39 is 11.5 Å². The van der Waals surface area contributed by atoms with E-state index in [-0.39, 0.29) is 17.2 Å². The van der Waals surface area contributed by atoms with Gasteiger partial charge in [-0.25, -0.2) is 9.78 Å². The molecule has 0 radical (unpaired) electrons. The van der Waals surface area contributed by atoms with Gasteiger partial charge in [-0.2, -0.15) is 0 Å². The van der Waals surface area contributed by atoms with Gasteiger partial charge in [-0.05, 0) is 6.07 Å². The van der Waals surface area contributed by atoms with Gasteiger partial charge in [0.15, 0.2) is 0 Å². The fraction of sp³-hybridized carbons (Fsp3) is 0.0909. The number of carboxylic acid groups (broad SMARTS) is 1. The molecule has 0 atom stereocenters. The van der Waals surface area contributed by atoms with Crippen LogP contribution < -0.4 is 10.3 Å². The topological polar surface area (TPSA) is 94.3 Å². The fourth-order valence-corrected chi connectivity index (χ4v) is 1.25. The van der Waals surface area contributed by atoms with E-state index >= 15 is 0 Å². The van der Waals surface area contributed by atoms with Crippen molar-refractivity contribution in [2.45, 2.75) is 0 Å². The average Bonchev–Trinajstić information content (AvgIpc) is 2.35. The van der Waals surface area contributed by atoms with E-state index in [1.165, 1.54) is 35.4 Å². The monoisotopic (exact) mass is 247 g/mol. The van der Waals surface area contributed by atoms with Crippen molar-refractivity contribution in [3.63, 3.8) is 0 Å². The second-order valence-corrected chi connectivity index (χ2v) is 3.46. The summed E-state index contributed by atoms with van der Waals surface area (Å²) in [6.07, 6.45) is 5.39. The smallest absolute Gasteiger partial charge is 0.337 e. The quantitative estimate of drug-likeness (QED) is 0.856. The molecule has 2 aromatic rings. The molecule has 0 fully saturated rings. The van der Waals surface area contributed by atoms with Crippen molar-refractivity contribution in [1.82, 2.24) is 14.5 Å². The van der Waals surface area contributed by atoms with Crippen LogP contribution in [-0.4, -0.2) is 25.6 Å². The zero-order chi connectivity index (χ0) is 13.1. The van der Waals surface area contributed by atoms with Gasteiger partial charge in [-0.15, -0.1) is 0 Å². The SMILES string of the molecule is Cn1ccnc(Oc2cncc(C(=O)O)c2)c1=O. The third-order valence-corrected chi connectivity index (χ3v) is 2.16. The molecule has 0 aromatic carbocycles. The standard InChI is InChI=1S/C11H9N3O4/c1-14-3-2-13-9(10(14)15)18-8-4-7(11(16)17)5-12-6-8/h2-6H,1H3,(H,16,17). The molecule has 1 N–H and O–H groups in total. The lowest BCUT2D eigenvalue weighted by Gasteiger charge is -2.05. The summed E-state index contributed by atoms with van der Waals surface area (Å²) in [5, 5.41) is 8.80. The van der Waals surface area contributed by atoms with Crippen molar-refractivity contribution in [2.75, 3.05) is 0 Å². The summed E-state index contributed by atoms with van der Waals surface area (Å²) in [7, 11) is 1.56. The zero-order valence-corrected chi connectivity index (χ0v) is 9.40. The molecule has 2 rings (SSSR count). The Morgan fingerprint density at radius 1 is 1.44 bits per heavy atom. The van der Waals surface area contributed by atoms with Gasteiger partial charge in [0.25, 0.3) is 5.88 Å². The largest absolute Gasteiger partial charge is 0.478 e. The molecule has 0 aliphatic carbocycles. The number of aromatic carboxylic acids is 1. The Morgan fingerprint density at radius 2 is 2.22 bits per heavy atom. The lowest BCUT2D eigenvalue weighted by atomic mass is 10.3. The van der Waals surface area contributed by atoms with Crippen molar-refractivity contribution >= 4 is 5.97 Å². The Hall–Kier alpha value is -2.70. The van der Waals surface area contributed by atoms with E-state index in [9.17, 15) is 9.59 Å². The van der Waals surface area contributed by atoms with Crippen LogP contribution >= 0.6 is 0 Å². The molecule has 0 spiro atoms. The maximum atomic E-state index is 11.6. The lowest BCUT2D eigenvalue weighted by Crippen LogP contribution is -2.18. The molecule has 0 saturated carbocycles. The summed E-state index contributed by atoms with van der Waals surface area (Å²) in [6, 6.07) is 1.27. The molecule has 0 unspecified atom stereocenters. The van der Waals surface area contributed by atoms with Crippen molar-refractivity contribution < 1.29 is 14.6 Å². The number of carboxylic acids is 1. The number of carbonyl (C=O) groups is 1. The Labute approximate surface area is 101 Å². The third-order valence-electron chi connectivity index (χ3n) is 2.16. The highest BCUT2D eigenvalue weighted by atomic mass is 16.5. The highest BCUT2D eigenvalue weighted by molar-refractivity contribution is 5.87. The van der Waals surface area contributed by atoms with Gasteiger partial charge in [0.1, 0.15) is 5.75 Å². The van der Waals surface area contributed by atoms with Gasteiger partial charge in [0.05, 0.1) is 11.8 Å². The van der Waals surface area contributed by atoms with Crippen molar-refractivity contribution in [2.24, 2.45) is 7.05 Å². The Kier molecular flexibility index (Phi) is 3.05. The van der Waals surface area contributed by atoms with Crippen LogP contribution in [0.25, 0.3) is 0 Å². The summed E-state index contributed by atoms with van der Waals surface area (Å²) in [5.74, 6) is -1.11. The van der Waals surface area contributed by atoms with E-state index in [4.69, 9.17) is 9.84 Å². The van der Waals surface area contributed by atoms with Crippen molar-refractivity contribution in [1.29, 1.82) is 0 Å². The number of nitrogens with zero attached hydrogens (tertiary/aromatic N) is 3. The van der Waals surface area contributed by atoms with Crippen LogP contribution in [0.15, 0.2) is 35.6 Å². The maximum absolute atomic E-state index is 11.6. The molecule has 7 heteroatoms. The number of pyridine rings is 1. The van der Waals surface area contributed by atoms with Crippen LogP contribution in [0.5, 0.6) is 11.6 Å². The van der Waals surface area contributed by atoms with Crippen LogP contribution in [0.4, 0.5) is 0 Å². The summed E-state index contributed by atoms with van der Waals surface area (Å²) in [5.41, 5.74) is -0.446. The van der Waals surface area contributed by atoms with Gasteiger partial charge in [-0.3, -0.25) is 9.78 Å². The summed E-state index contributed by atoms with van der Waals surface area (Å²) in [6.45, 7) is 0. The molecule has 2 aromatic heterocycles. The molecule has 0 aliphatic heterocycles. The number of rotatable bonds is 3. The van der Waals surface area contributed by atoms with Crippen LogP contribution in [0, 0.1) is 0 Å². The minimum atomic E-state index is -1.12. The summed E-state index contributed by atoms with van der Waals surface area (Å²) < 4.78 is 6.51. The van der Waals surface area contributed by atoms with Crippen LogP contribution in [0.1, 0.15) is 10.4 Å². The van der Waals surface area contributed by atoms with E-state index in [2.05, 4.69) is 9.97 Å². The molecule has 7 nitrogen and oxygen atoms in total.